The van der Waals surface area contributed by atoms with Gasteiger partial charge in [-0.25, -0.2) is 4.39 Å². The van der Waals surface area contributed by atoms with Crippen LogP contribution in [0.1, 0.15) is 18.5 Å². The SMILES string of the molecule is CC1=C(C(N)=O)[C@H](c2cccc(F)c2)n2nnnc2N1. The zero-order valence-electron chi connectivity index (χ0n) is 10.5. The van der Waals surface area contributed by atoms with E-state index in [1.54, 1.807) is 19.1 Å². The number of halogens is 1. The zero-order valence-corrected chi connectivity index (χ0v) is 10.5. The van der Waals surface area contributed by atoms with E-state index in [0.717, 1.165) is 0 Å². The topological polar surface area (TPSA) is 98.7 Å². The number of anilines is 1. The Kier molecular flexibility index (Phi) is 2.70. The lowest BCUT2D eigenvalue weighted by molar-refractivity contribution is -0.115. The third-order valence-corrected chi connectivity index (χ3v) is 3.14. The minimum absolute atomic E-state index is 0.301. The van der Waals surface area contributed by atoms with Crippen molar-refractivity contribution in [2.24, 2.45) is 5.73 Å². The van der Waals surface area contributed by atoms with Crippen LogP contribution in [0.3, 0.4) is 0 Å². The average molecular weight is 274 g/mol. The summed E-state index contributed by atoms with van der Waals surface area (Å²) in [7, 11) is 0. The highest BCUT2D eigenvalue weighted by molar-refractivity contribution is 5.95. The van der Waals surface area contributed by atoms with Crippen LogP contribution < -0.4 is 11.1 Å². The lowest BCUT2D eigenvalue weighted by Crippen LogP contribution is -2.31. The summed E-state index contributed by atoms with van der Waals surface area (Å²) in [5, 5.41) is 14.1. The van der Waals surface area contributed by atoms with Crippen LogP contribution in [-0.4, -0.2) is 26.1 Å². The molecule has 1 atom stereocenters. The predicted octanol–water partition coefficient (Wildman–Crippen LogP) is 0.586. The highest BCUT2D eigenvalue weighted by atomic mass is 19.1. The van der Waals surface area contributed by atoms with E-state index in [0.29, 0.717) is 22.8 Å². The predicted molar refractivity (Wildman–Crippen MR) is 67.9 cm³/mol. The molecule has 1 amide bonds. The molecule has 0 radical (unpaired) electrons. The Balaban J connectivity index is 2.22. The number of primary amides is 1. The van der Waals surface area contributed by atoms with Gasteiger partial charge >= 0.3 is 0 Å². The van der Waals surface area contributed by atoms with Crippen LogP contribution in [0.4, 0.5) is 10.3 Å². The van der Waals surface area contributed by atoms with E-state index in [2.05, 4.69) is 20.8 Å². The third kappa shape index (κ3) is 1.81. The van der Waals surface area contributed by atoms with Crippen LogP contribution in [0, 0.1) is 5.82 Å². The minimum atomic E-state index is -0.644. The van der Waals surface area contributed by atoms with Crippen molar-refractivity contribution >= 4 is 11.9 Å². The van der Waals surface area contributed by atoms with E-state index >= 15 is 0 Å². The molecule has 3 rings (SSSR count). The summed E-state index contributed by atoms with van der Waals surface area (Å²) in [6.07, 6.45) is 0. The second-order valence-electron chi connectivity index (χ2n) is 4.43. The first kappa shape index (κ1) is 12.3. The number of fused-ring (bicyclic) bond motifs is 1. The molecule has 0 fully saturated rings. The lowest BCUT2D eigenvalue weighted by atomic mass is 9.95. The number of allylic oxidation sites excluding steroid dienone is 1. The number of hydrogen-bond acceptors (Lipinski definition) is 5. The molecule has 102 valence electrons. The normalized spacial score (nSPS) is 17.6. The smallest absolute Gasteiger partial charge is 0.248 e. The summed E-state index contributed by atoms with van der Waals surface area (Å²) >= 11 is 0. The molecule has 7 nitrogen and oxygen atoms in total. The first-order chi connectivity index (χ1) is 9.58. The number of tetrazole rings is 1. The van der Waals surface area contributed by atoms with Gasteiger partial charge < -0.3 is 11.1 Å². The molecule has 1 aromatic heterocycles. The second-order valence-corrected chi connectivity index (χ2v) is 4.43. The molecule has 1 aliphatic heterocycles. The molecule has 2 heterocycles. The van der Waals surface area contributed by atoms with E-state index in [-0.39, 0.29) is 0 Å². The number of nitrogens with two attached hydrogens (primary N) is 1. The fraction of sp³-hybridized carbons (Fsp3) is 0.167. The number of nitrogens with zero attached hydrogens (tertiary/aromatic N) is 4. The third-order valence-electron chi connectivity index (χ3n) is 3.14. The summed E-state index contributed by atoms with van der Waals surface area (Å²) < 4.78 is 14.8. The summed E-state index contributed by atoms with van der Waals surface area (Å²) in [5.74, 6) is -0.635. The monoisotopic (exact) mass is 274 g/mol. The van der Waals surface area contributed by atoms with Gasteiger partial charge in [-0.2, -0.15) is 4.68 Å². The van der Waals surface area contributed by atoms with Gasteiger partial charge in [0.25, 0.3) is 0 Å². The Bertz CT molecular complexity index is 722. The molecule has 1 aromatic carbocycles. The van der Waals surface area contributed by atoms with Crippen LogP contribution in [0.5, 0.6) is 0 Å². The molecule has 0 aliphatic carbocycles. The fourth-order valence-corrected chi connectivity index (χ4v) is 2.32. The number of aromatic nitrogens is 4. The van der Waals surface area contributed by atoms with Crippen molar-refractivity contribution in [3.05, 3.63) is 46.9 Å². The van der Waals surface area contributed by atoms with Crippen molar-refractivity contribution < 1.29 is 9.18 Å². The maximum absolute atomic E-state index is 13.4. The first-order valence-corrected chi connectivity index (χ1v) is 5.89. The van der Waals surface area contributed by atoms with Crippen LogP contribution in [0.25, 0.3) is 0 Å². The number of carbonyl (C=O) groups is 1. The largest absolute Gasteiger partial charge is 0.366 e. The molecule has 1 aliphatic rings. The number of hydrogen-bond donors (Lipinski definition) is 2. The number of nitrogens with one attached hydrogen (secondary N) is 1. The first-order valence-electron chi connectivity index (χ1n) is 5.89. The van der Waals surface area contributed by atoms with Gasteiger partial charge in [-0.1, -0.05) is 17.2 Å². The molecular weight excluding hydrogens is 263 g/mol. The van der Waals surface area contributed by atoms with Crippen molar-refractivity contribution in [3.8, 4) is 0 Å². The van der Waals surface area contributed by atoms with Crippen molar-refractivity contribution in [1.29, 1.82) is 0 Å². The fourth-order valence-electron chi connectivity index (χ4n) is 2.32. The number of amides is 1. The zero-order chi connectivity index (χ0) is 14.3. The van der Waals surface area contributed by atoms with Gasteiger partial charge in [0.2, 0.25) is 11.9 Å². The number of benzene rings is 1. The van der Waals surface area contributed by atoms with E-state index in [9.17, 15) is 9.18 Å². The van der Waals surface area contributed by atoms with Gasteiger partial charge in [-0.3, -0.25) is 4.79 Å². The minimum Gasteiger partial charge on any atom is -0.366 e. The molecule has 2 aromatic rings. The Morgan fingerprint density at radius 2 is 2.30 bits per heavy atom. The number of carbonyl (C=O) groups excluding carboxylic acids is 1. The van der Waals surface area contributed by atoms with Gasteiger partial charge in [-0.15, -0.1) is 0 Å². The Morgan fingerprint density at radius 3 is 3.00 bits per heavy atom. The molecule has 0 bridgehead atoms. The van der Waals surface area contributed by atoms with Crippen molar-refractivity contribution in [1.82, 2.24) is 20.2 Å². The summed E-state index contributed by atoms with van der Waals surface area (Å²) in [6.45, 7) is 1.70. The molecule has 0 saturated heterocycles. The lowest BCUT2D eigenvalue weighted by Gasteiger charge is -2.26. The van der Waals surface area contributed by atoms with Crippen molar-refractivity contribution in [2.45, 2.75) is 13.0 Å². The summed E-state index contributed by atoms with van der Waals surface area (Å²) in [5.41, 5.74) is 6.84. The standard InChI is InChI=1S/C12H11FN6O/c1-6-9(11(14)20)10(7-3-2-4-8(13)5-7)19-12(15-6)16-17-18-19/h2-5,10H,1H3,(H2,14,20)(H,15,16,18)/t10-/m0/s1. The van der Waals surface area contributed by atoms with Crippen LogP contribution in [0.15, 0.2) is 35.5 Å². The van der Waals surface area contributed by atoms with Gasteiger partial charge in [0.05, 0.1) is 5.57 Å². The maximum atomic E-state index is 13.4. The number of rotatable bonds is 2. The van der Waals surface area contributed by atoms with Crippen molar-refractivity contribution in [2.75, 3.05) is 5.32 Å². The van der Waals surface area contributed by atoms with Gasteiger partial charge in [0.1, 0.15) is 11.9 Å². The van der Waals surface area contributed by atoms with Crippen LogP contribution in [0.2, 0.25) is 0 Å². The Hall–Kier alpha value is -2.77. The average Bonchev–Trinajstić information content (AvgIpc) is 2.84. The quantitative estimate of drug-likeness (QED) is 0.835. The Morgan fingerprint density at radius 1 is 1.50 bits per heavy atom. The van der Waals surface area contributed by atoms with E-state index in [4.69, 9.17) is 5.73 Å². The molecule has 0 saturated carbocycles. The summed E-state index contributed by atoms with van der Waals surface area (Å²) in [4.78, 5) is 11.7. The van der Waals surface area contributed by atoms with Crippen molar-refractivity contribution in [3.63, 3.8) is 0 Å². The molecular formula is C12H11FN6O. The van der Waals surface area contributed by atoms with E-state index < -0.39 is 17.8 Å². The highest BCUT2D eigenvalue weighted by Gasteiger charge is 2.32. The van der Waals surface area contributed by atoms with Crippen LogP contribution in [-0.2, 0) is 4.79 Å². The molecule has 8 heteroatoms. The van der Waals surface area contributed by atoms with Gasteiger partial charge in [-0.05, 0) is 35.0 Å². The van der Waals surface area contributed by atoms with Gasteiger partial charge in [0, 0.05) is 5.70 Å². The second kappa shape index (κ2) is 4.41. The van der Waals surface area contributed by atoms with E-state index in [1.165, 1.54) is 16.8 Å². The summed E-state index contributed by atoms with van der Waals surface area (Å²) in [6, 6.07) is 5.27. The molecule has 20 heavy (non-hydrogen) atoms. The molecule has 3 N–H and O–H groups in total. The Labute approximate surface area is 113 Å². The van der Waals surface area contributed by atoms with Gasteiger partial charge in [0.15, 0.2) is 0 Å². The molecule has 0 spiro atoms. The maximum Gasteiger partial charge on any atom is 0.248 e. The van der Waals surface area contributed by atoms with Crippen LogP contribution >= 0.6 is 0 Å². The highest BCUT2D eigenvalue weighted by Crippen LogP contribution is 2.33. The molecule has 0 unspecified atom stereocenters. The van der Waals surface area contributed by atoms with E-state index in [1.807, 2.05) is 0 Å².